The van der Waals surface area contributed by atoms with E-state index in [1.54, 1.807) is 0 Å². The molecule has 0 radical (unpaired) electrons. The fraction of sp³-hybridized carbons (Fsp3) is 0.647. The monoisotopic (exact) mass is 295 g/mol. The van der Waals surface area contributed by atoms with Gasteiger partial charge in [0.05, 0.1) is 11.1 Å². The van der Waals surface area contributed by atoms with Crippen molar-refractivity contribution in [2.75, 3.05) is 6.54 Å². The standard InChI is InChI=1S/C17H26ClNO/c1-4-19-11-14-6-8-17(16(18)10-14)20-15-7-5-12(2)13(3)9-15/h6,8,10,12-13,15,19H,4-5,7,9,11H2,1-3H3. The molecule has 1 N–H and O–H groups in total. The van der Waals surface area contributed by atoms with Gasteiger partial charge >= 0.3 is 0 Å². The predicted molar refractivity (Wildman–Crippen MR) is 85.4 cm³/mol. The quantitative estimate of drug-likeness (QED) is 0.853. The molecular weight excluding hydrogens is 270 g/mol. The van der Waals surface area contributed by atoms with Crippen molar-refractivity contribution in [3.8, 4) is 5.75 Å². The van der Waals surface area contributed by atoms with Crippen LogP contribution in [0, 0.1) is 11.8 Å². The lowest BCUT2D eigenvalue weighted by Crippen LogP contribution is -2.28. The van der Waals surface area contributed by atoms with Crippen LogP contribution in [0.5, 0.6) is 5.75 Å². The SMILES string of the molecule is CCNCc1ccc(OC2CCC(C)C(C)C2)c(Cl)c1. The Kier molecular flexibility index (Phi) is 5.74. The Morgan fingerprint density at radius 3 is 2.70 bits per heavy atom. The fourth-order valence-corrected chi connectivity index (χ4v) is 3.05. The summed E-state index contributed by atoms with van der Waals surface area (Å²) in [6.07, 6.45) is 3.85. The van der Waals surface area contributed by atoms with Crippen molar-refractivity contribution in [2.45, 2.75) is 52.7 Å². The van der Waals surface area contributed by atoms with Gasteiger partial charge in [0.25, 0.3) is 0 Å². The molecule has 0 spiro atoms. The Morgan fingerprint density at radius 1 is 1.25 bits per heavy atom. The van der Waals surface area contributed by atoms with Crippen molar-refractivity contribution >= 4 is 11.6 Å². The lowest BCUT2D eigenvalue weighted by atomic mass is 9.80. The maximum absolute atomic E-state index is 6.34. The summed E-state index contributed by atoms with van der Waals surface area (Å²) in [6.45, 7) is 8.58. The third-order valence-electron chi connectivity index (χ3n) is 4.42. The molecule has 1 aliphatic rings. The van der Waals surface area contributed by atoms with Gasteiger partial charge in [-0.25, -0.2) is 0 Å². The molecule has 0 amide bonds. The van der Waals surface area contributed by atoms with Crippen LogP contribution in [-0.2, 0) is 6.54 Å². The fourth-order valence-electron chi connectivity index (χ4n) is 2.80. The van der Waals surface area contributed by atoms with Crippen molar-refractivity contribution in [3.05, 3.63) is 28.8 Å². The molecule has 1 fully saturated rings. The first-order valence-corrected chi connectivity index (χ1v) is 8.13. The van der Waals surface area contributed by atoms with Crippen LogP contribution in [0.4, 0.5) is 0 Å². The Bertz CT molecular complexity index is 435. The molecule has 0 saturated heterocycles. The summed E-state index contributed by atoms with van der Waals surface area (Å²) in [7, 11) is 0. The molecule has 1 aromatic carbocycles. The van der Waals surface area contributed by atoms with Gasteiger partial charge in [-0.3, -0.25) is 0 Å². The summed E-state index contributed by atoms with van der Waals surface area (Å²) in [4.78, 5) is 0. The zero-order valence-corrected chi connectivity index (χ0v) is 13.5. The van der Waals surface area contributed by atoms with Crippen LogP contribution < -0.4 is 10.1 Å². The second-order valence-electron chi connectivity index (χ2n) is 6.05. The van der Waals surface area contributed by atoms with Crippen molar-refractivity contribution in [1.29, 1.82) is 0 Å². The predicted octanol–water partition coefficient (Wildman–Crippen LogP) is 4.65. The van der Waals surface area contributed by atoms with Crippen LogP contribution in [0.2, 0.25) is 5.02 Å². The van der Waals surface area contributed by atoms with E-state index in [4.69, 9.17) is 16.3 Å². The molecule has 1 aliphatic carbocycles. The Balaban J connectivity index is 1.96. The zero-order valence-electron chi connectivity index (χ0n) is 12.8. The number of benzene rings is 1. The molecule has 0 aliphatic heterocycles. The highest BCUT2D eigenvalue weighted by Gasteiger charge is 2.26. The van der Waals surface area contributed by atoms with Gasteiger partial charge in [0.15, 0.2) is 0 Å². The minimum atomic E-state index is 0.318. The summed E-state index contributed by atoms with van der Waals surface area (Å²) >= 11 is 6.34. The summed E-state index contributed by atoms with van der Waals surface area (Å²) in [5, 5.41) is 4.03. The summed E-state index contributed by atoms with van der Waals surface area (Å²) in [5.74, 6) is 2.38. The molecule has 3 atom stereocenters. The first-order chi connectivity index (χ1) is 9.60. The molecule has 0 bridgehead atoms. The summed E-state index contributed by atoms with van der Waals surface area (Å²) < 4.78 is 6.11. The number of hydrogen-bond acceptors (Lipinski definition) is 2. The van der Waals surface area contributed by atoms with E-state index in [1.807, 2.05) is 12.1 Å². The topological polar surface area (TPSA) is 21.3 Å². The molecule has 2 nitrogen and oxygen atoms in total. The first kappa shape index (κ1) is 15.7. The average molecular weight is 296 g/mol. The first-order valence-electron chi connectivity index (χ1n) is 7.76. The van der Waals surface area contributed by atoms with Crippen LogP contribution in [0.25, 0.3) is 0 Å². The van der Waals surface area contributed by atoms with Gasteiger partial charge in [-0.15, -0.1) is 0 Å². The Labute approximate surface area is 127 Å². The van der Waals surface area contributed by atoms with Crippen molar-refractivity contribution in [2.24, 2.45) is 11.8 Å². The van der Waals surface area contributed by atoms with E-state index in [-0.39, 0.29) is 0 Å². The van der Waals surface area contributed by atoms with Gasteiger partial charge in [0.1, 0.15) is 5.75 Å². The Morgan fingerprint density at radius 2 is 2.05 bits per heavy atom. The van der Waals surface area contributed by atoms with Gasteiger partial charge < -0.3 is 10.1 Å². The average Bonchev–Trinajstić information content (AvgIpc) is 2.43. The van der Waals surface area contributed by atoms with E-state index in [9.17, 15) is 0 Å². The van der Waals surface area contributed by atoms with Crippen LogP contribution in [-0.4, -0.2) is 12.6 Å². The van der Waals surface area contributed by atoms with Crippen LogP contribution in [0.1, 0.15) is 45.6 Å². The molecule has 2 rings (SSSR count). The van der Waals surface area contributed by atoms with Crippen LogP contribution in [0.3, 0.4) is 0 Å². The molecule has 0 aromatic heterocycles. The highest BCUT2D eigenvalue weighted by molar-refractivity contribution is 6.32. The van der Waals surface area contributed by atoms with Gasteiger partial charge in [0, 0.05) is 6.54 Å². The molecule has 112 valence electrons. The Hall–Kier alpha value is -0.730. The lowest BCUT2D eigenvalue weighted by Gasteiger charge is -2.32. The van der Waals surface area contributed by atoms with Gasteiger partial charge in [-0.1, -0.05) is 38.4 Å². The van der Waals surface area contributed by atoms with E-state index < -0.39 is 0 Å². The molecular formula is C17H26ClNO. The molecule has 1 aromatic rings. The second-order valence-corrected chi connectivity index (χ2v) is 6.46. The van der Waals surface area contributed by atoms with Gasteiger partial charge in [-0.2, -0.15) is 0 Å². The van der Waals surface area contributed by atoms with E-state index in [0.29, 0.717) is 6.10 Å². The number of hydrogen-bond donors (Lipinski definition) is 1. The van der Waals surface area contributed by atoms with Crippen molar-refractivity contribution in [3.63, 3.8) is 0 Å². The summed E-state index contributed by atoms with van der Waals surface area (Å²) in [6, 6.07) is 6.12. The third-order valence-corrected chi connectivity index (χ3v) is 4.71. The van der Waals surface area contributed by atoms with Crippen molar-refractivity contribution in [1.82, 2.24) is 5.32 Å². The molecule has 0 heterocycles. The van der Waals surface area contributed by atoms with Crippen molar-refractivity contribution < 1.29 is 4.74 Å². The van der Waals surface area contributed by atoms with Gasteiger partial charge in [-0.05, 0) is 55.3 Å². The third kappa shape index (κ3) is 4.13. The minimum absolute atomic E-state index is 0.318. The smallest absolute Gasteiger partial charge is 0.138 e. The van der Waals surface area contributed by atoms with E-state index >= 15 is 0 Å². The maximum atomic E-state index is 6.34. The van der Waals surface area contributed by atoms with Crippen LogP contribution >= 0.6 is 11.6 Å². The van der Waals surface area contributed by atoms with E-state index in [2.05, 4.69) is 32.2 Å². The molecule has 20 heavy (non-hydrogen) atoms. The number of ether oxygens (including phenoxy) is 1. The summed E-state index contributed by atoms with van der Waals surface area (Å²) in [5.41, 5.74) is 1.20. The second kappa shape index (κ2) is 7.33. The molecule has 3 heteroatoms. The molecule has 1 saturated carbocycles. The highest BCUT2D eigenvalue weighted by atomic mass is 35.5. The number of nitrogens with one attached hydrogen (secondary N) is 1. The lowest BCUT2D eigenvalue weighted by molar-refractivity contribution is 0.101. The van der Waals surface area contributed by atoms with E-state index in [0.717, 1.165) is 48.5 Å². The zero-order chi connectivity index (χ0) is 14.5. The minimum Gasteiger partial charge on any atom is -0.489 e. The normalized spacial score (nSPS) is 26.5. The number of halogens is 1. The van der Waals surface area contributed by atoms with E-state index in [1.165, 1.54) is 12.0 Å². The highest BCUT2D eigenvalue weighted by Crippen LogP contribution is 2.34. The van der Waals surface area contributed by atoms with Gasteiger partial charge in [0.2, 0.25) is 0 Å². The largest absolute Gasteiger partial charge is 0.489 e. The maximum Gasteiger partial charge on any atom is 0.138 e. The van der Waals surface area contributed by atoms with Crippen LogP contribution in [0.15, 0.2) is 18.2 Å². The molecule has 3 unspecified atom stereocenters. The number of rotatable bonds is 5.